The van der Waals surface area contributed by atoms with Crippen molar-refractivity contribution in [1.82, 2.24) is 15.5 Å². The maximum absolute atomic E-state index is 5.26. The molecule has 0 aromatic carbocycles. The van der Waals surface area contributed by atoms with Crippen LogP contribution in [0.15, 0.2) is 4.52 Å². The molecule has 2 heterocycles. The van der Waals surface area contributed by atoms with Crippen LogP contribution in [-0.2, 0) is 17.6 Å². The third-order valence-corrected chi connectivity index (χ3v) is 3.11. The quantitative estimate of drug-likeness (QED) is 0.724. The summed E-state index contributed by atoms with van der Waals surface area (Å²) < 4.78 is 10.5. The van der Waals surface area contributed by atoms with Crippen molar-refractivity contribution in [3.05, 3.63) is 11.7 Å². The molecule has 1 unspecified atom stereocenters. The van der Waals surface area contributed by atoms with Crippen LogP contribution in [0.25, 0.3) is 0 Å². The number of aryl methyl sites for hydroxylation is 1. The van der Waals surface area contributed by atoms with Gasteiger partial charge in [-0.1, -0.05) is 5.16 Å². The molecule has 2 rings (SSSR count). The second kappa shape index (κ2) is 6.71. The van der Waals surface area contributed by atoms with Gasteiger partial charge in [0.25, 0.3) is 0 Å². The van der Waals surface area contributed by atoms with Crippen LogP contribution < -0.4 is 5.32 Å². The normalized spacial score (nSPS) is 19.9. The van der Waals surface area contributed by atoms with E-state index < -0.39 is 0 Å². The minimum Gasteiger partial charge on any atom is -0.381 e. The van der Waals surface area contributed by atoms with E-state index in [0.717, 1.165) is 56.6 Å². The van der Waals surface area contributed by atoms with Crippen molar-refractivity contribution in [2.75, 3.05) is 26.3 Å². The van der Waals surface area contributed by atoms with E-state index in [1.165, 1.54) is 6.42 Å². The van der Waals surface area contributed by atoms with E-state index in [-0.39, 0.29) is 0 Å². The van der Waals surface area contributed by atoms with Gasteiger partial charge in [0.15, 0.2) is 5.82 Å². The van der Waals surface area contributed by atoms with E-state index in [1.54, 1.807) is 0 Å². The van der Waals surface area contributed by atoms with Crippen LogP contribution in [0.5, 0.6) is 0 Å². The van der Waals surface area contributed by atoms with Gasteiger partial charge in [0, 0.05) is 19.4 Å². The Morgan fingerprint density at radius 2 is 2.41 bits per heavy atom. The minimum atomic E-state index is 0.669. The first-order chi connectivity index (χ1) is 8.38. The van der Waals surface area contributed by atoms with Crippen molar-refractivity contribution in [2.45, 2.75) is 32.6 Å². The fourth-order valence-electron chi connectivity index (χ4n) is 2.09. The van der Waals surface area contributed by atoms with Crippen LogP contribution in [0.3, 0.4) is 0 Å². The molecular formula is C12H21N3O2. The van der Waals surface area contributed by atoms with Crippen molar-refractivity contribution in [3.8, 4) is 0 Å². The highest BCUT2D eigenvalue weighted by molar-refractivity contribution is 4.87. The number of hydrogen-bond donors (Lipinski definition) is 1. The number of nitrogens with one attached hydrogen (secondary N) is 1. The van der Waals surface area contributed by atoms with Gasteiger partial charge in [0.05, 0.1) is 6.61 Å². The Balaban J connectivity index is 1.69. The van der Waals surface area contributed by atoms with Crippen molar-refractivity contribution >= 4 is 0 Å². The van der Waals surface area contributed by atoms with Crippen molar-refractivity contribution in [1.29, 1.82) is 0 Å². The summed E-state index contributed by atoms with van der Waals surface area (Å²) in [6.45, 7) is 5.66. The zero-order valence-corrected chi connectivity index (χ0v) is 10.4. The highest BCUT2D eigenvalue weighted by Crippen LogP contribution is 2.15. The molecule has 0 aliphatic carbocycles. The lowest BCUT2D eigenvalue weighted by molar-refractivity contribution is 0.149. The third-order valence-electron chi connectivity index (χ3n) is 3.11. The Kier molecular flexibility index (Phi) is 4.94. The van der Waals surface area contributed by atoms with Crippen LogP contribution >= 0.6 is 0 Å². The van der Waals surface area contributed by atoms with Gasteiger partial charge in [-0.2, -0.15) is 4.98 Å². The van der Waals surface area contributed by atoms with Gasteiger partial charge >= 0.3 is 0 Å². The van der Waals surface area contributed by atoms with Gasteiger partial charge in [0.2, 0.25) is 5.89 Å². The number of nitrogens with zero attached hydrogens (tertiary/aromatic N) is 2. The number of aromatic nitrogens is 2. The molecule has 1 atom stereocenters. The smallest absolute Gasteiger partial charge is 0.226 e. The van der Waals surface area contributed by atoms with Crippen molar-refractivity contribution in [2.24, 2.45) is 5.92 Å². The fourth-order valence-corrected chi connectivity index (χ4v) is 2.09. The lowest BCUT2D eigenvalue weighted by atomic mass is 10.0. The van der Waals surface area contributed by atoms with E-state index in [2.05, 4.69) is 15.5 Å². The van der Waals surface area contributed by atoms with E-state index in [0.29, 0.717) is 6.61 Å². The van der Waals surface area contributed by atoms with Gasteiger partial charge in [0.1, 0.15) is 0 Å². The SMILES string of the molecule is CCOCCc1noc(CCC2CCNC2)n1. The Hall–Kier alpha value is -0.940. The molecular weight excluding hydrogens is 218 g/mol. The Labute approximate surface area is 102 Å². The summed E-state index contributed by atoms with van der Waals surface area (Å²) in [5.41, 5.74) is 0. The third kappa shape index (κ3) is 4.09. The monoisotopic (exact) mass is 239 g/mol. The molecule has 17 heavy (non-hydrogen) atoms. The number of rotatable bonds is 7. The minimum absolute atomic E-state index is 0.669. The molecule has 0 amide bonds. The second-order valence-electron chi connectivity index (χ2n) is 4.45. The van der Waals surface area contributed by atoms with Crippen LogP contribution in [0.4, 0.5) is 0 Å². The molecule has 0 radical (unpaired) electrons. The Morgan fingerprint density at radius 3 is 3.18 bits per heavy atom. The largest absolute Gasteiger partial charge is 0.381 e. The van der Waals surface area contributed by atoms with E-state index in [4.69, 9.17) is 9.26 Å². The molecule has 5 nitrogen and oxygen atoms in total. The van der Waals surface area contributed by atoms with Gasteiger partial charge in [-0.3, -0.25) is 0 Å². The van der Waals surface area contributed by atoms with Crippen LogP contribution in [0.1, 0.15) is 31.5 Å². The molecule has 96 valence electrons. The molecule has 0 bridgehead atoms. The predicted molar refractivity (Wildman–Crippen MR) is 63.8 cm³/mol. The lowest BCUT2D eigenvalue weighted by Crippen LogP contribution is -2.09. The summed E-state index contributed by atoms with van der Waals surface area (Å²) in [7, 11) is 0. The average molecular weight is 239 g/mol. The van der Waals surface area contributed by atoms with E-state index >= 15 is 0 Å². The molecule has 1 fully saturated rings. The zero-order chi connectivity index (χ0) is 11.9. The molecule has 1 aromatic heterocycles. The summed E-state index contributed by atoms with van der Waals surface area (Å²) in [5.74, 6) is 2.30. The second-order valence-corrected chi connectivity index (χ2v) is 4.45. The topological polar surface area (TPSA) is 60.2 Å². The lowest BCUT2D eigenvalue weighted by Gasteiger charge is -2.03. The maximum Gasteiger partial charge on any atom is 0.226 e. The molecule has 1 aromatic rings. The van der Waals surface area contributed by atoms with Gasteiger partial charge < -0.3 is 14.6 Å². The van der Waals surface area contributed by atoms with Crippen LogP contribution in [-0.4, -0.2) is 36.4 Å². The first-order valence-electron chi connectivity index (χ1n) is 6.48. The molecule has 1 saturated heterocycles. The molecule has 0 spiro atoms. The Bertz CT molecular complexity index is 321. The van der Waals surface area contributed by atoms with Crippen LogP contribution in [0, 0.1) is 5.92 Å². The summed E-state index contributed by atoms with van der Waals surface area (Å²) in [6, 6.07) is 0. The highest BCUT2D eigenvalue weighted by Gasteiger charge is 2.15. The standard InChI is InChI=1S/C12H21N3O2/c1-2-16-8-6-11-14-12(17-15-11)4-3-10-5-7-13-9-10/h10,13H,2-9H2,1H3. The van der Waals surface area contributed by atoms with Crippen molar-refractivity contribution < 1.29 is 9.26 Å². The predicted octanol–water partition coefficient (Wildman–Crippen LogP) is 1.19. The molecule has 0 saturated carbocycles. The summed E-state index contributed by atoms with van der Waals surface area (Å²) in [4.78, 5) is 4.36. The number of hydrogen-bond acceptors (Lipinski definition) is 5. The fraction of sp³-hybridized carbons (Fsp3) is 0.833. The molecule has 1 aliphatic rings. The first-order valence-corrected chi connectivity index (χ1v) is 6.48. The molecule has 1 N–H and O–H groups in total. The van der Waals surface area contributed by atoms with Crippen LogP contribution in [0.2, 0.25) is 0 Å². The Morgan fingerprint density at radius 1 is 1.47 bits per heavy atom. The van der Waals surface area contributed by atoms with Gasteiger partial charge in [-0.05, 0) is 38.8 Å². The zero-order valence-electron chi connectivity index (χ0n) is 10.4. The first kappa shape index (κ1) is 12.5. The van der Waals surface area contributed by atoms with Crippen molar-refractivity contribution in [3.63, 3.8) is 0 Å². The number of ether oxygens (including phenoxy) is 1. The summed E-state index contributed by atoms with van der Waals surface area (Å²) in [6.07, 6.45) is 4.04. The maximum atomic E-state index is 5.26. The molecule has 5 heteroatoms. The summed E-state index contributed by atoms with van der Waals surface area (Å²) >= 11 is 0. The highest BCUT2D eigenvalue weighted by atomic mass is 16.5. The van der Waals surface area contributed by atoms with E-state index in [1.807, 2.05) is 6.92 Å². The van der Waals surface area contributed by atoms with Gasteiger partial charge in [-0.25, -0.2) is 0 Å². The summed E-state index contributed by atoms with van der Waals surface area (Å²) in [5, 5.41) is 7.32. The van der Waals surface area contributed by atoms with E-state index in [9.17, 15) is 0 Å². The van der Waals surface area contributed by atoms with Gasteiger partial charge in [-0.15, -0.1) is 0 Å². The molecule has 1 aliphatic heterocycles. The average Bonchev–Trinajstić information content (AvgIpc) is 2.98.